The molecule has 4 saturated heterocycles. The summed E-state index contributed by atoms with van der Waals surface area (Å²) < 4.78 is 0. The molecule has 4 rings (SSSR count). The minimum absolute atomic E-state index is 0.00981. The van der Waals surface area contributed by atoms with Crippen molar-refractivity contribution in [3.8, 4) is 0 Å². The minimum atomic E-state index is -0.319. The molecule has 0 aliphatic carbocycles. The van der Waals surface area contributed by atoms with Crippen LogP contribution in [0.2, 0.25) is 0 Å². The first-order valence-electron chi connectivity index (χ1n) is 29.4. The van der Waals surface area contributed by atoms with E-state index in [1.807, 2.05) is 28.8 Å². The maximum absolute atomic E-state index is 12.7. The Morgan fingerprint density at radius 2 is 0.649 bits per heavy atom. The van der Waals surface area contributed by atoms with E-state index in [-0.39, 0.29) is 35.7 Å². The van der Waals surface area contributed by atoms with Gasteiger partial charge in [-0.25, -0.2) is 0 Å². The first-order valence-corrected chi connectivity index (χ1v) is 29.4. The van der Waals surface area contributed by atoms with Crippen molar-refractivity contribution in [2.75, 3.05) is 146 Å². The fourth-order valence-electron chi connectivity index (χ4n) is 10.5. The van der Waals surface area contributed by atoms with E-state index >= 15 is 0 Å². The van der Waals surface area contributed by atoms with Crippen LogP contribution in [0, 0.1) is 35.5 Å². The van der Waals surface area contributed by atoms with Gasteiger partial charge in [-0.15, -0.1) is 0 Å². The Labute approximate surface area is 455 Å². The van der Waals surface area contributed by atoms with Crippen LogP contribution in [0.15, 0.2) is 0 Å². The molecule has 4 fully saturated rings. The highest BCUT2D eigenvalue weighted by Crippen LogP contribution is 2.20. The number of amides is 4. The molecule has 0 aromatic rings. The van der Waals surface area contributed by atoms with E-state index in [0.717, 1.165) is 137 Å². The average Bonchev–Trinajstić information content (AvgIpc) is 3.33. The van der Waals surface area contributed by atoms with Gasteiger partial charge in [0, 0.05) is 142 Å². The third-order valence-electron chi connectivity index (χ3n) is 15.2. The van der Waals surface area contributed by atoms with Crippen molar-refractivity contribution in [1.29, 1.82) is 0 Å². The second-order valence-electron chi connectivity index (χ2n) is 25.3. The summed E-state index contributed by atoms with van der Waals surface area (Å²) in [6, 6.07) is 2.02. The molecular formula is C58H120N12O4. The number of carbonyl (C=O) groups excluding carboxylic acids is 4. The molecule has 4 heterocycles. The second-order valence-corrected chi connectivity index (χ2v) is 25.3. The Bertz CT molecular complexity index is 1520. The van der Waals surface area contributed by atoms with Crippen LogP contribution in [0.1, 0.15) is 136 Å². The Balaban J connectivity index is 0.000000494. The van der Waals surface area contributed by atoms with Crippen LogP contribution in [-0.4, -0.2) is 255 Å². The summed E-state index contributed by atoms with van der Waals surface area (Å²) in [6.07, 6.45) is 3.61. The van der Waals surface area contributed by atoms with E-state index in [0.29, 0.717) is 66.2 Å². The van der Waals surface area contributed by atoms with Crippen molar-refractivity contribution in [2.24, 2.45) is 47.0 Å². The second kappa shape index (κ2) is 35.9. The number of hydrogen-bond acceptors (Lipinski definition) is 12. The molecule has 436 valence electrons. The van der Waals surface area contributed by atoms with Crippen LogP contribution in [-0.2, 0) is 19.2 Å². The predicted octanol–water partition coefficient (Wildman–Crippen LogP) is 5.35. The molecule has 0 radical (unpaired) electrons. The first kappa shape index (κ1) is 69.6. The van der Waals surface area contributed by atoms with E-state index in [1.54, 1.807) is 0 Å². The van der Waals surface area contributed by atoms with E-state index in [4.69, 9.17) is 11.5 Å². The number of piperazine rings is 4. The van der Waals surface area contributed by atoms with Crippen LogP contribution in [0.5, 0.6) is 0 Å². The molecule has 0 saturated carbocycles. The van der Waals surface area contributed by atoms with Gasteiger partial charge in [0.1, 0.15) is 0 Å². The van der Waals surface area contributed by atoms with Crippen molar-refractivity contribution in [3.05, 3.63) is 0 Å². The summed E-state index contributed by atoms with van der Waals surface area (Å²) in [5.74, 6) is 3.33. The van der Waals surface area contributed by atoms with Crippen LogP contribution < -0.4 is 11.5 Å². The number of nitrogens with two attached hydrogens (primary N) is 2. The standard InChI is InChI=1S/C16H33N3O.C15H31N3O.C14H29N3O.C13H27N3O/c1-13(2)11-15(12-17(5)6)16(20)19-9-7-18(8-10-19)14(3)4;1-12(2)11-14(16(5)6)15(19)18-9-7-17(8-10-18)13(3)4;1-11(2)9-13(10-15)14(18)17-7-5-16(6-8-17)12(3)4;1-10(2)9-12(14)13(17)16-7-5-15(6-8-16)11(3)4/h13-15H,7-12H2,1-6H3;12-14H,7-11H2,1-6H3;11-13H,5-10,15H2,1-4H3;10-12H,5-9,14H2,1-4H3. The Morgan fingerprint density at radius 1 is 0.378 bits per heavy atom. The lowest BCUT2D eigenvalue weighted by molar-refractivity contribution is -0.139. The monoisotopic (exact) mass is 1050 g/mol. The van der Waals surface area contributed by atoms with Crippen molar-refractivity contribution < 1.29 is 19.2 Å². The van der Waals surface area contributed by atoms with Crippen LogP contribution >= 0.6 is 0 Å². The lowest BCUT2D eigenvalue weighted by Crippen LogP contribution is -2.55. The third-order valence-corrected chi connectivity index (χ3v) is 15.2. The van der Waals surface area contributed by atoms with Crippen molar-refractivity contribution in [2.45, 2.75) is 173 Å². The minimum Gasteiger partial charge on any atom is -0.340 e. The normalized spacial score (nSPS) is 19.6. The summed E-state index contributed by atoms with van der Waals surface area (Å²) in [7, 11) is 8.12. The molecule has 4 unspecified atom stereocenters. The molecule has 4 atom stereocenters. The van der Waals surface area contributed by atoms with Crippen molar-refractivity contribution in [1.82, 2.24) is 49.0 Å². The summed E-state index contributed by atoms with van der Waals surface area (Å²) in [4.78, 5) is 71.8. The van der Waals surface area contributed by atoms with Gasteiger partial charge >= 0.3 is 0 Å². The predicted molar refractivity (Wildman–Crippen MR) is 311 cm³/mol. The number of likely N-dealkylation sites (N-methyl/N-ethyl adjacent to an activating group) is 1. The number of hydrogen-bond donors (Lipinski definition) is 2. The summed E-state index contributed by atoms with van der Waals surface area (Å²) >= 11 is 0. The lowest BCUT2D eigenvalue weighted by Gasteiger charge is -2.39. The fourth-order valence-corrected chi connectivity index (χ4v) is 10.5. The molecule has 4 amide bonds. The lowest BCUT2D eigenvalue weighted by atomic mass is 9.95. The van der Waals surface area contributed by atoms with Gasteiger partial charge < -0.3 is 36.0 Å². The molecule has 16 nitrogen and oxygen atoms in total. The van der Waals surface area contributed by atoms with Gasteiger partial charge in [-0.1, -0.05) is 55.4 Å². The largest absolute Gasteiger partial charge is 0.340 e. The molecule has 4 N–H and O–H groups in total. The molecule has 0 spiro atoms. The summed E-state index contributed by atoms with van der Waals surface area (Å²) in [5, 5.41) is 0. The zero-order valence-corrected chi connectivity index (χ0v) is 51.7. The van der Waals surface area contributed by atoms with E-state index in [9.17, 15) is 19.2 Å². The van der Waals surface area contributed by atoms with Gasteiger partial charge in [-0.05, 0) is 133 Å². The topological polar surface area (TPSA) is 153 Å². The summed E-state index contributed by atoms with van der Waals surface area (Å²) in [5.41, 5.74) is 11.7. The summed E-state index contributed by atoms with van der Waals surface area (Å²) in [6.45, 7) is 51.1. The number of carbonyl (C=O) groups is 4. The highest BCUT2D eigenvalue weighted by Gasteiger charge is 2.32. The maximum Gasteiger partial charge on any atom is 0.240 e. The zero-order chi connectivity index (χ0) is 56.6. The van der Waals surface area contributed by atoms with E-state index in [2.05, 4.69) is 159 Å². The van der Waals surface area contributed by atoms with Gasteiger partial charge in [-0.3, -0.25) is 43.7 Å². The highest BCUT2D eigenvalue weighted by atomic mass is 16.2. The van der Waals surface area contributed by atoms with E-state index < -0.39 is 0 Å². The zero-order valence-electron chi connectivity index (χ0n) is 51.7. The van der Waals surface area contributed by atoms with Crippen molar-refractivity contribution >= 4 is 23.6 Å². The third kappa shape index (κ3) is 26.3. The van der Waals surface area contributed by atoms with Gasteiger partial charge in [0.25, 0.3) is 0 Å². The SMILES string of the molecule is CC(C)CC(C(=O)N1CCN(C(C)C)CC1)N(C)C.CC(C)CC(CN(C)C)C(=O)N1CCN(C(C)C)CC1.CC(C)CC(CN)C(=O)N1CCN(C(C)C)CC1.CC(C)CC(N)C(=O)N1CCN(C(C)C)CC1. The van der Waals surface area contributed by atoms with E-state index in [1.165, 1.54) is 0 Å². The molecule has 16 heteroatoms. The van der Waals surface area contributed by atoms with Gasteiger partial charge in [0.2, 0.25) is 23.6 Å². The molecule has 0 bridgehead atoms. The Hall–Kier alpha value is -2.44. The molecule has 4 aliphatic heterocycles. The van der Waals surface area contributed by atoms with Gasteiger partial charge in [0.05, 0.1) is 23.9 Å². The quantitative estimate of drug-likeness (QED) is 0.162. The Morgan fingerprint density at radius 3 is 0.905 bits per heavy atom. The fraction of sp³-hybridized carbons (Fsp3) is 0.931. The van der Waals surface area contributed by atoms with Crippen LogP contribution in [0.4, 0.5) is 0 Å². The van der Waals surface area contributed by atoms with Gasteiger partial charge in [-0.2, -0.15) is 0 Å². The smallest absolute Gasteiger partial charge is 0.240 e. The maximum atomic E-state index is 12.7. The van der Waals surface area contributed by atoms with Crippen molar-refractivity contribution in [3.63, 3.8) is 0 Å². The molecular weight excluding hydrogens is 929 g/mol. The molecule has 4 aliphatic rings. The first-order chi connectivity index (χ1) is 34.5. The molecule has 0 aromatic heterocycles. The Kier molecular flexibility index (Phi) is 33.7. The highest BCUT2D eigenvalue weighted by molar-refractivity contribution is 5.82. The molecule has 0 aromatic carbocycles. The number of rotatable bonds is 20. The molecule has 74 heavy (non-hydrogen) atoms. The number of nitrogens with zero attached hydrogens (tertiary/aromatic N) is 10. The average molecular weight is 1050 g/mol. The van der Waals surface area contributed by atoms with Crippen LogP contribution in [0.3, 0.4) is 0 Å². The van der Waals surface area contributed by atoms with Crippen LogP contribution in [0.25, 0.3) is 0 Å². The van der Waals surface area contributed by atoms with Gasteiger partial charge in [0.15, 0.2) is 0 Å².